The van der Waals surface area contributed by atoms with Crippen LogP contribution < -0.4 is 10.6 Å². The third kappa shape index (κ3) is 5.16. The molecule has 160 valence electrons. The van der Waals surface area contributed by atoms with Gasteiger partial charge in [-0.05, 0) is 42.5 Å². The van der Waals surface area contributed by atoms with E-state index in [-0.39, 0.29) is 18.5 Å². The van der Waals surface area contributed by atoms with Gasteiger partial charge in [-0.25, -0.2) is 4.98 Å². The fourth-order valence-corrected chi connectivity index (χ4v) is 4.08. The lowest BCUT2D eigenvalue weighted by molar-refractivity contribution is 0.0841. The molecule has 1 saturated heterocycles. The number of anilines is 1. The molecule has 7 heteroatoms. The zero-order valence-electron chi connectivity index (χ0n) is 17.4. The van der Waals surface area contributed by atoms with Gasteiger partial charge in [0.25, 0.3) is 5.91 Å². The van der Waals surface area contributed by atoms with E-state index in [9.17, 15) is 9.90 Å². The maximum Gasteiger partial charge on any atom is 0.251 e. The van der Waals surface area contributed by atoms with Crippen LogP contribution in [0.4, 0.5) is 5.82 Å². The number of aryl methyl sites for hydroxylation is 1. The second-order valence-electron chi connectivity index (χ2n) is 8.21. The molecular weight excluding hydrogens is 380 g/mol. The molecule has 2 aromatic rings. The zero-order valence-corrected chi connectivity index (χ0v) is 17.4. The number of pyridine rings is 1. The van der Waals surface area contributed by atoms with Crippen LogP contribution in [-0.2, 0) is 17.7 Å². The Morgan fingerprint density at radius 3 is 3.00 bits per heavy atom. The summed E-state index contributed by atoms with van der Waals surface area (Å²) in [5.74, 6) is 0.484. The van der Waals surface area contributed by atoms with Crippen molar-refractivity contribution < 1.29 is 14.6 Å². The first kappa shape index (κ1) is 20.8. The number of benzene rings is 1. The molecule has 4 rings (SSSR count). The van der Waals surface area contributed by atoms with Crippen LogP contribution in [0.25, 0.3) is 0 Å². The van der Waals surface area contributed by atoms with E-state index in [2.05, 4.69) is 44.8 Å². The number of ether oxygens (including phenoxy) is 1. The van der Waals surface area contributed by atoms with Crippen molar-refractivity contribution in [2.45, 2.75) is 38.5 Å². The monoisotopic (exact) mass is 410 g/mol. The van der Waals surface area contributed by atoms with Gasteiger partial charge in [-0.3, -0.25) is 9.69 Å². The van der Waals surface area contributed by atoms with Crippen LogP contribution in [0.5, 0.6) is 0 Å². The molecule has 1 amide bonds. The number of aromatic nitrogens is 1. The van der Waals surface area contributed by atoms with Crippen molar-refractivity contribution in [1.82, 2.24) is 15.2 Å². The molecule has 2 aliphatic heterocycles. The number of β-amino-alcohol motifs (C(OH)–C–C–N with tert-alkyl or cyclic N) is 1. The summed E-state index contributed by atoms with van der Waals surface area (Å²) in [6.45, 7) is 5.79. The number of nitrogens with one attached hydrogen (secondary N) is 2. The third-order valence-electron chi connectivity index (χ3n) is 5.81. The molecule has 2 atom stereocenters. The van der Waals surface area contributed by atoms with Gasteiger partial charge < -0.3 is 20.5 Å². The van der Waals surface area contributed by atoms with Gasteiger partial charge in [0.2, 0.25) is 0 Å². The molecule has 0 saturated carbocycles. The summed E-state index contributed by atoms with van der Waals surface area (Å²) in [6.07, 6.45) is 3.02. The Kier molecular flexibility index (Phi) is 6.62. The smallest absolute Gasteiger partial charge is 0.251 e. The van der Waals surface area contributed by atoms with Crippen LogP contribution in [0.15, 0.2) is 36.5 Å². The minimum Gasteiger partial charge on any atom is -0.390 e. The lowest BCUT2D eigenvalue weighted by Crippen LogP contribution is -2.42. The lowest BCUT2D eigenvalue weighted by atomic mass is 10.00. The molecule has 3 N–H and O–H groups in total. The van der Waals surface area contributed by atoms with E-state index >= 15 is 0 Å². The summed E-state index contributed by atoms with van der Waals surface area (Å²) in [5.41, 5.74) is 4.09. The molecule has 2 aliphatic rings. The van der Waals surface area contributed by atoms with Gasteiger partial charge in [0.1, 0.15) is 5.82 Å². The Hall–Kier alpha value is -2.48. The number of carbonyl (C=O) groups is 1. The first-order chi connectivity index (χ1) is 14.6. The molecule has 2 unspecified atom stereocenters. The van der Waals surface area contributed by atoms with Gasteiger partial charge in [-0.1, -0.05) is 24.3 Å². The zero-order chi connectivity index (χ0) is 20.9. The van der Waals surface area contributed by atoms with E-state index in [1.807, 2.05) is 6.92 Å². The van der Waals surface area contributed by atoms with E-state index in [0.717, 1.165) is 38.1 Å². The maximum absolute atomic E-state index is 12.7. The highest BCUT2D eigenvalue weighted by atomic mass is 16.5. The number of amides is 1. The largest absolute Gasteiger partial charge is 0.390 e. The van der Waals surface area contributed by atoms with E-state index in [0.29, 0.717) is 24.5 Å². The van der Waals surface area contributed by atoms with Crippen LogP contribution in [0.1, 0.15) is 33.5 Å². The topological polar surface area (TPSA) is 86.7 Å². The van der Waals surface area contributed by atoms with Crippen molar-refractivity contribution in [2.24, 2.45) is 0 Å². The van der Waals surface area contributed by atoms with Crippen LogP contribution in [0.3, 0.4) is 0 Å². The summed E-state index contributed by atoms with van der Waals surface area (Å²) in [6, 6.07) is 10.4. The number of hydrogen-bond donors (Lipinski definition) is 3. The second kappa shape index (κ2) is 9.55. The standard InChI is InChI=1S/C23H30N4O3/c1-16-11-24-22(26-19-7-9-30-15-19)10-21(16)23(29)25-12-20(28)14-27-8-6-17-4-2-3-5-18(17)13-27/h2-5,10-11,19-20,28H,6-9,12-15H2,1H3,(H,24,26)(H,25,29). The van der Waals surface area contributed by atoms with Gasteiger partial charge in [0.15, 0.2) is 0 Å². The molecule has 0 spiro atoms. The molecule has 0 radical (unpaired) electrons. The van der Waals surface area contributed by atoms with Gasteiger partial charge in [0.05, 0.1) is 18.8 Å². The minimum absolute atomic E-state index is 0.191. The number of nitrogens with zero attached hydrogens (tertiary/aromatic N) is 2. The number of fused-ring (bicyclic) bond motifs is 1. The average Bonchev–Trinajstić information content (AvgIpc) is 3.26. The van der Waals surface area contributed by atoms with Crippen LogP contribution in [-0.4, -0.2) is 65.9 Å². The number of aliphatic hydroxyl groups is 1. The first-order valence-corrected chi connectivity index (χ1v) is 10.6. The first-order valence-electron chi connectivity index (χ1n) is 10.6. The van der Waals surface area contributed by atoms with Gasteiger partial charge in [-0.15, -0.1) is 0 Å². The van der Waals surface area contributed by atoms with Crippen molar-refractivity contribution >= 4 is 11.7 Å². The van der Waals surface area contributed by atoms with Gasteiger partial charge >= 0.3 is 0 Å². The summed E-state index contributed by atoms with van der Waals surface area (Å²) in [7, 11) is 0. The Labute approximate surface area is 177 Å². The van der Waals surface area contributed by atoms with E-state index in [1.165, 1.54) is 11.1 Å². The van der Waals surface area contributed by atoms with E-state index < -0.39 is 6.10 Å². The molecule has 1 fully saturated rings. The van der Waals surface area contributed by atoms with Crippen molar-refractivity contribution in [1.29, 1.82) is 0 Å². The molecule has 1 aromatic carbocycles. The SMILES string of the molecule is Cc1cnc(NC2CCOC2)cc1C(=O)NCC(O)CN1CCc2ccccc2C1. The van der Waals surface area contributed by atoms with Crippen molar-refractivity contribution in [3.63, 3.8) is 0 Å². The molecule has 0 bridgehead atoms. The molecular formula is C23H30N4O3. The number of rotatable bonds is 7. The lowest BCUT2D eigenvalue weighted by Gasteiger charge is -2.30. The number of carbonyl (C=O) groups excluding carboxylic acids is 1. The van der Waals surface area contributed by atoms with Crippen molar-refractivity contribution in [3.8, 4) is 0 Å². The summed E-state index contributed by atoms with van der Waals surface area (Å²) in [5, 5.41) is 16.7. The Bertz CT molecular complexity index is 883. The number of hydrogen-bond acceptors (Lipinski definition) is 6. The van der Waals surface area contributed by atoms with Crippen molar-refractivity contribution in [3.05, 3.63) is 58.8 Å². The predicted octanol–water partition coefficient (Wildman–Crippen LogP) is 1.74. The second-order valence-corrected chi connectivity index (χ2v) is 8.21. The van der Waals surface area contributed by atoms with E-state index in [1.54, 1.807) is 12.3 Å². The highest BCUT2D eigenvalue weighted by Crippen LogP contribution is 2.19. The maximum atomic E-state index is 12.7. The summed E-state index contributed by atoms with van der Waals surface area (Å²) >= 11 is 0. The minimum atomic E-state index is -0.616. The van der Waals surface area contributed by atoms with Crippen LogP contribution in [0, 0.1) is 6.92 Å². The third-order valence-corrected chi connectivity index (χ3v) is 5.81. The normalized spacial score (nSPS) is 19.9. The molecule has 7 nitrogen and oxygen atoms in total. The van der Waals surface area contributed by atoms with Gasteiger partial charge in [0, 0.05) is 44.5 Å². The summed E-state index contributed by atoms with van der Waals surface area (Å²) in [4.78, 5) is 19.3. The Morgan fingerprint density at radius 1 is 1.37 bits per heavy atom. The Morgan fingerprint density at radius 2 is 2.20 bits per heavy atom. The van der Waals surface area contributed by atoms with E-state index in [4.69, 9.17) is 4.74 Å². The van der Waals surface area contributed by atoms with Crippen LogP contribution >= 0.6 is 0 Å². The quantitative estimate of drug-likeness (QED) is 0.645. The van der Waals surface area contributed by atoms with Crippen molar-refractivity contribution in [2.75, 3.05) is 38.2 Å². The Balaban J connectivity index is 1.28. The molecule has 0 aliphatic carbocycles. The molecule has 3 heterocycles. The fraction of sp³-hybridized carbons (Fsp3) is 0.478. The number of aliphatic hydroxyl groups excluding tert-OH is 1. The highest BCUT2D eigenvalue weighted by Gasteiger charge is 2.20. The van der Waals surface area contributed by atoms with Crippen LogP contribution in [0.2, 0.25) is 0 Å². The highest BCUT2D eigenvalue weighted by molar-refractivity contribution is 5.96. The summed E-state index contributed by atoms with van der Waals surface area (Å²) < 4.78 is 5.38. The molecule has 30 heavy (non-hydrogen) atoms. The fourth-order valence-electron chi connectivity index (χ4n) is 4.08. The average molecular weight is 411 g/mol. The van der Waals surface area contributed by atoms with Gasteiger partial charge in [-0.2, -0.15) is 0 Å². The predicted molar refractivity (Wildman–Crippen MR) is 116 cm³/mol. The molecule has 1 aromatic heterocycles.